The van der Waals surface area contributed by atoms with Crippen molar-refractivity contribution in [2.24, 2.45) is 10.8 Å². The Kier molecular flexibility index (Phi) is 7.97. The molecule has 2 aromatic rings. The minimum atomic E-state index is -0.871. The molecule has 192 valence electrons. The third-order valence-corrected chi connectivity index (χ3v) is 8.39. The van der Waals surface area contributed by atoms with E-state index in [9.17, 15) is 14.4 Å². The predicted octanol–water partition coefficient (Wildman–Crippen LogP) is 7.05. The van der Waals surface area contributed by atoms with Gasteiger partial charge >= 0.3 is 0 Å². The average molecular weight is 570 g/mol. The maximum Gasteiger partial charge on any atom is 0.255 e. The number of halogens is 4. The summed E-state index contributed by atoms with van der Waals surface area (Å²) in [6.07, 6.45) is 2.60. The summed E-state index contributed by atoms with van der Waals surface area (Å²) in [6.45, 7) is 4.92. The Morgan fingerprint density at radius 2 is 1.08 bits per heavy atom. The van der Waals surface area contributed by atoms with Crippen LogP contribution in [0.25, 0.3) is 0 Å². The zero-order chi connectivity index (χ0) is 26.3. The van der Waals surface area contributed by atoms with Crippen LogP contribution >= 0.6 is 46.4 Å². The molecule has 0 atom stereocenters. The fourth-order valence-electron chi connectivity index (χ4n) is 5.98. The van der Waals surface area contributed by atoms with Crippen molar-refractivity contribution in [3.63, 3.8) is 0 Å². The highest BCUT2D eigenvalue weighted by molar-refractivity contribution is 6.37. The SMILES string of the molecule is CCCC12CN(C(=O)c3ccc(Cl)cc3Cl)CC(CCC)(CN(C(=O)c3ccc(Cl)cc3Cl)C1)C2=O. The first-order valence-electron chi connectivity index (χ1n) is 12.1. The first kappa shape index (κ1) is 27.3. The van der Waals surface area contributed by atoms with Crippen LogP contribution in [0.2, 0.25) is 20.1 Å². The van der Waals surface area contributed by atoms with Gasteiger partial charge in [0, 0.05) is 36.2 Å². The van der Waals surface area contributed by atoms with E-state index in [2.05, 4.69) is 0 Å². The van der Waals surface area contributed by atoms with Gasteiger partial charge in [-0.25, -0.2) is 0 Å². The average Bonchev–Trinajstić information content (AvgIpc) is 2.80. The van der Waals surface area contributed by atoms with E-state index < -0.39 is 10.8 Å². The molecule has 2 aliphatic rings. The Morgan fingerprint density at radius 3 is 1.39 bits per heavy atom. The Morgan fingerprint density at radius 1 is 0.722 bits per heavy atom. The second-order valence-corrected chi connectivity index (χ2v) is 11.6. The summed E-state index contributed by atoms with van der Waals surface area (Å²) < 4.78 is 0. The molecule has 2 amide bonds. The van der Waals surface area contributed by atoms with Gasteiger partial charge in [0.1, 0.15) is 0 Å². The maximum atomic E-state index is 14.1. The van der Waals surface area contributed by atoms with E-state index in [-0.39, 0.29) is 53.8 Å². The van der Waals surface area contributed by atoms with Crippen molar-refractivity contribution in [1.82, 2.24) is 9.80 Å². The zero-order valence-corrected chi connectivity index (χ0v) is 23.3. The van der Waals surface area contributed by atoms with E-state index >= 15 is 0 Å². The van der Waals surface area contributed by atoms with Gasteiger partial charge in [-0.1, -0.05) is 73.1 Å². The van der Waals surface area contributed by atoms with Gasteiger partial charge in [-0.3, -0.25) is 14.4 Å². The number of likely N-dealkylation sites (tertiary alicyclic amines) is 2. The molecule has 4 rings (SSSR count). The Labute approximate surface area is 231 Å². The molecule has 0 aliphatic carbocycles. The van der Waals surface area contributed by atoms with Gasteiger partial charge < -0.3 is 9.80 Å². The summed E-state index contributed by atoms with van der Waals surface area (Å²) >= 11 is 24.8. The van der Waals surface area contributed by atoms with Crippen molar-refractivity contribution in [2.45, 2.75) is 39.5 Å². The van der Waals surface area contributed by atoms with Crippen molar-refractivity contribution < 1.29 is 14.4 Å². The molecule has 0 radical (unpaired) electrons. The third kappa shape index (κ3) is 4.88. The second kappa shape index (κ2) is 10.5. The van der Waals surface area contributed by atoms with Gasteiger partial charge in [0.15, 0.2) is 5.78 Å². The van der Waals surface area contributed by atoms with Crippen LogP contribution in [-0.2, 0) is 4.79 Å². The van der Waals surface area contributed by atoms with Gasteiger partial charge in [-0.05, 0) is 49.2 Å². The molecule has 2 aromatic carbocycles. The van der Waals surface area contributed by atoms with Crippen LogP contribution in [0.4, 0.5) is 0 Å². The molecule has 5 nitrogen and oxygen atoms in total. The van der Waals surface area contributed by atoms with Gasteiger partial charge in [0.05, 0.1) is 32.0 Å². The van der Waals surface area contributed by atoms with Crippen molar-refractivity contribution in [3.8, 4) is 0 Å². The number of nitrogens with zero attached hydrogens (tertiary/aromatic N) is 2. The number of rotatable bonds is 6. The summed E-state index contributed by atoms with van der Waals surface area (Å²) in [7, 11) is 0. The van der Waals surface area contributed by atoms with Crippen molar-refractivity contribution >= 4 is 64.0 Å². The summed E-state index contributed by atoms with van der Waals surface area (Å²) in [4.78, 5) is 44.9. The van der Waals surface area contributed by atoms with E-state index in [1.54, 1.807) is 46.2 Å². The van der Waals surface area contributed by atoms with E-state index in [0.717, 1.165) is 12.8 Å². The zero-order valence-electron chi connectivity index (χ0n) is 20.3. The number of carbonyl (C=O) groups excluding carboxylic acids is 3. The number of carbonyl (C=O) groups is 3. The minimum Gasteiger partial charge on any atom is -0.336 e. The monoisotopic (exact) mass is 568 g/mol. The normalized spacial score (nSPS) is 23.7. The molecule has 2 bridgehead atoms. The molecule has 0 unspecified atom stereocenters. The van der Waals surface area contributed by atoms with Gasteiger partial charge in [-0.15, -0.1) is 0 Å². The first-order valence-corrected chi connectivity index (χ1v) is 13.6. The Balaban J connectivity index is 1.74. The second-order valence-electron chi connectivity index (χ2n) is 9.96. The predicted molar refractivity (Wildman–Crippen MR) is 144 cm³/mol. The van der Waals surface area contributed by atoms with Crippen LogP contribution in [-0.4, -0.2) is 53.6 Å². The number of fused-ring (bicyclic) bond motifs is 2. The van der Waals surface area contributed by atoms with E-state index in [4.69, 9.17) is 46.4 Å². The molecule has 0 aromatic heterocycles. The van der Waals surface area contributed by atoms with Crippen LogP contribution in [0.3, 0.4) is 0 Å². The smallest absolute Gasteiger partial charge is 0.255 e. The van der Waals surface area contributed by atoms with Gasteiger partial charge in [-0.2, -0.15) is 0 Å². The molecule has 2 aliphatic heterocycles. The number of Topliss-reactive ketones (excluding diaryl/α,β-unsaturated/α-hetero) is 1. The molecular formula is C27H28Cl4N2O3. The molecule has 9 heteroatoms. The number of hydrogen-bond acceptors (Lipinski definition) is 3. The molecular weight excluding hydrogens is 542 g/mol. The number of ketones is 1. The van der Waals surface area contributed by atoms with Crippen molar-refractivity contribution in [2.75, 3.05) is 26.2 Å². The lowest BCUT2D eigenvalue weighted by molar-refractivity contribution is -0.158. The quantitative estimate of drug-likeness (QED) is 0.374. The number of hydrogen-bond donors (Lipinski definition) is 0. The standard InChI is InChI=1S/C27H28Cl4N2O3/c1-3-9-26-13-32(23(34)19-7-5-17(28)11-21(19)30)15-27(10-4-2,25(26)36)16-33(14-26)24(35)20-8-6-18(29)12-22(20)31/h5-8,11-12H,3-4,9-10,13-16H2,1-2H3. The lowest BCUT2D eigenvalue weighted by atomic mass is 9.59. The van der Waals surface area contributed by atoms with Crippen molar-refractivity contribution in [1.29, 1.82) is 0 Å². The molecule has 0 spiro atoms. The summed E-state index contributed by atoms with van der Waals surface area (Å²) in [5, 5.41) is 1.44. The fraction of sp³-hybridized carbons (Fsp3) is 0.444. The molecule has 36 heavy (non-hydrogen) atoms. The van der Waals surface area contributed by atoms with Crippen molar-refractivity contribution in [3.05, 3.63) is 67.6 Å². The van der Waals surface area contributed by atoms with Crippen LogP contribution in [0.5, 0.6) is 0 Å². The first-order chi connectivity index (χ1) is 17.1. The van der Waals surface area contributed by atoms with E-state index in [0.29, 0.717) is 34.0 Å². The highest BCUT2D eigenvalue weighted by atomic mass is 35.5. The largest absolute Gasteiger partial charge is 0.336 e. The molecule has 0 saturated carbocycles. The van der Waals surface area contributed by atoms with Crippen LogP contribution in [0.1, 0.15) is 60.2 Å². The Bertz CT molecular complexity index is 1110. The topological polar surface area (TPSA) is 57.7 Å². The van der Waals surface area contributed by atoms with E-state index in [1.165, 1.54) is 0 Å². The van der Waals surface area contributed by atoms with Crippen LogP contribution in [0, 0.1) is 10.8 Å². The third-order valence-electron chi connectivity index (χ3n) is 7.29. The molecule has 2 saturated heterocycles. The summed E-state index contributed by atoms with van der Waals surface area (Å²) in [5.41, 5.74) is -1.03. The minimum absolute atomic E-state index is 0.149. The summed E-state index contributed by atoms with van der Waals surface area (Å²) in [6, 6.07) is 9.61. The lowest BCUT2D eigenvalue weighted by Crippen LogP contribution is -2.71. The Hall–Kier alpha value is -1.79. The molecule has 2 heterocycles. The molecule has 2 fully saturated rings. The summed E-state index contributed by atoms with van der Waals surface area (Å²) in [5.74, 6) is -0.313. The molecule has 0 N–H and O–H groups in total. The lowest BCUT2D eigenvalue weighted by Gasteiger charge is -2.57. The number of amides is 2. The number of piperidine rings is 2. The fourth-order valence-corrected chi connectivity index (χ4v) is 6.96. The van der Waals surface area contributed by atoms with Crippen LogP contribution < -0.4 is 0 Å². The van der Waals surface area contributed by atoms with Crippen LogP contribution in [0.15, 0.2) is 36.4 Å². The van der Waals surface area contributed by atoms with Gasteiger partial charge in [0.25, 0.3) is 11.8 Å². The highest BCUT2D eigenvalue weighted by Crippen LogP contribution is 2.48. The number of benzene rings is 2. The van der Waals surface area contributed by atoms with Gasteiger partial charge in [0.2, 0.25) is 0 Å². The van der Waals surface area contributed by atoms with E-state index in [1.807, 2.05) is 13.8 Å². The highest BCUT2D eigenvalue weighted by Gasteiger charge is 2.60. The maximum absolute atomic E-state index is 14.1.